The molecule has 0 N–H and O–H groups in total. The van der Waals surface area contributed by atoms with E-state index in [-0.39, 0.29) is 6.04 Å². The Labute approximate surface area is 108 Å². The second-order valence-corrected chi connectivity index (χ2v) is 4.90. The summed E-state index contributed by atoms with van der Waals surface area (Å²) in [6.45, 7) is 8.30. The monoisotopic (exact) mass is 241 g/mol. The molecule has 0 fully saturated rings. The van der Waals surface area contributed by atoms with Crippen LogP contribution in [0.15, 0.2) is 30.3 Å². The summed E-state index contributed by atoms with van der Waals surface area (Å²) in [6, 6.07) is 10.8. The van der Waals surface area contributed by atoms with Gasteiger partial charge in [0.25, 0.3) is 0 Å². The molecule has 94 valence electrons. The molecule has 0 aliphatic carbocycles. The van der Waals surface area contributed by atoms with E-state index in [0.717, 1.165) is 23.2 Å². The zero-order valence-corrected chi connectivity index (χ0v) is 11.4. The Kier molecular flexibility index (Phi) is 3.37. The molecule has 2 heteroatoms. The Hall–Kier alpha value is -1.83. The third kappa shape index (κ3) is 2.10. The van der Waals surface area contributed by atoms with Gasteiger partial charge in [-0.1, -0.05) is 29.8 Å². The predicted octanol–water partition coefficient (Wildman–Crippen LogP) is 3.84. The molecule has 0 saturated heterocycles. The number of aldehydes is 1. The first-order chi connectivity index (χ1) is 8.54. The lowest BCUT2D eigenvalue weighted by molar-refractivity contribution is 0.112. The fourth-order valence-electron chi connectivity index (χ4n) is 2.51. The van der Waals surface area contributed by atoms with Gasteiger partial charge in [-0.05, 0) is 39.3 Å². The molecule has 0 aliphatic rings. The topological polar surface area (TPSA) is 22.0 Å². The number of aryl methyl sites for hydroxylation is 2. The van der Waals surface area contributed by atoms with E-state index in [1.165, 1.54) is 11.1 Å². The molecule has 0 radical (unpaired) electrons. The Bertz CT molecular complexity index is 564. The summed E-state index contributed by atoms with van der Waals surface area (Å²) in [7, 11) is 0. The van der Waals surface area contributed by atoms with Crippen LogP contribution in [-0.4, -0.2) is 10.9 Å². The smallest absolute Gasteiger partial charge is 0.151 e. The van der Waals surface area contributed by atoms with Gasteiger partial charge in [0.1, 0.15) is 0 Å². The average Bonchev–Trinajstić information content (AvgIpc) is 2.64. The third-order valence-electron chi connectivity index (χ3n) is 3.60. The van der Waals surface area contributed by atoms with Gasteiger partial charge in [0.2, 0.25) is 0 Å². The van der Waals surface area contributed by atoms with Gasteiger partial charge in [-0.3, -0.25) is 4.79 Å². The molecule has 0 spiro atoms. The third-order valence-corrected chi connectivity index (χ3v) is 3.60. The van der Waals surface area contributed by atoms with Crippen molar-refractivity contribution < 1.29 is 4.79 Å². The Morgan fingerprint density at radius 1 is 1.11 bits per heavy atom. The summed E-state index contributed by atoms with van der Waals surface area (Å²) in [5.41, 5.74) is 5.48. The van der Waals surface area contributed by atoms with Gasteiger partial charge in [-0.25, -0.2) is 0 Å². The minimum absolute atomic E-state index is 0.249. The first-order valence-corrected chi connectivity index (χ1v) is 6.24. The van der Waals surface area contributed by atoms with Crippen LogP contribution in [0.5, 0.6) is 0 Å². The number of carbonyl (C=O) groups is 1. The SMILES string of the molecule is Cc1ccc(C(C)n2c(C)cc(C=O)c2C)cc1. The number of benzene rings is 1. The maximum absolute atomic E-state index is 11.0. The van der Waals surface area contributed by atoms with Crippen LogP contribution in [0.3, 0.4) is 0 Å². The van der Waals surface area contributed by atoms with Crippen LogP contribution in [0.4, 0.5) is 0 Å². The molecule has 1 aromatic carbocycles. The van der Waals surface area contributed by atoms with Crippen LogP contribution in [0.1, 0.15) is 45.8 Å². The maximum atomic E-state index is 11.0. The molecule has 2 aromatic rings. The van der Waals surface area contributed by atoms with E-state index >= 15 is 0 Å². The van der Waals surface area contributed by atoms with Crippen LogP contribution in [-0.2, 0) is 0 Å². The highest BCUT2D eigenvalue weighted by molar-refractivity contribution is 5.77. The van der Waals surface area contributed by atoms with Crippen LogP contribution in [0.2, 0.25) is 0 Å². The lowest BCUT2D eigenvalue weighted by Crippen LogP contribution is -2.10. The zero-order chi connectivity index (χ0) is 13.3. The van der Waals surface area contributed by atoms with Crippen LogP contribution in [0.25, 0.3) is 0 Å². The van der Waals surface area contributed by atoms with E-state index in [0.29, 0.717) is 0 Å². The molecule has 0 aliphatic heterocycles. The second-order valence-electron chi connectivity index (χ2n) is 4.90. The van der Waals surface area contributed by atoms with Gasteiger partial charge in [-0.2, -0.15) is 0 Å². The van der Waals surface area contributed by atoms with Crippen molar-refractivity contribution >= 4 is 6.29 Å². The largest absolute Gasteiger partial charge is 0.341 e. The molecule has 0 bridgehead atoms. The van der Waals surface area contributed by atoms with Crippen LogP contribution < -0.4 is 0 Å². The van der Waals surface area contributed by atoms with E-state index < -0.39 is 0 Å². The summed E-state index contributed by atoms with van der Waals surface area (Å²) >= 11 is 0. The number of carbonyl (C=O) groups excluding carboxylic acids is 1. The summed E-state index contributed by atoms with van der Waals surface area (Å²) in [5.74, 6) is 0. The summed E-state index contributed by atoms with van der Waals surface area (Å²) in [6.07, 6.45) is 0.931. The van der Waals surface area contributed by atoms with Crippen molar-refractivity contribution in [1.82, 2.24) is 4.57 Å². The normalized spacial score (nSPS) is 12.4. The molecule has 2 nitrogen and oxygen atoms in total. The van der Waals surface area contributed by atoms with Gasteiger partial charge in [0.15, 0.2) is 6.29 Å². The minimum atomic E-state index is 0.249. The highest BCUT2D eigenvalue weighted by atomic mass is 16.1. The van der Waals surface area contributed by atoms with Crippen molar-refractivity contribution in [3.05, 3.63) is 58.4 Å². The average molecular weight is 241 g/mol. The van der Waals surface area contributed by atoms with Gasteiger partial charge in [0, 0.05) is 17.0 Å². The number of nitrogens with zero attached hydrogens (tertiary/aromatic N) is 1. The molecule has 2 rings (SSSR count). The standard InChI is InChI=1S/C16H19NO/c1-11-5-7-15(8-6-11)13(3)17-12(2)9-16(10-18)14(17)4/h5-10,13H,1-4H3. The Morgan fingerprint density at radius 3 is 2.22 bits per heavy atom. The fraction of sp³-hybridized carbons (Fsp3) is 0.312. The number of hydrogen-bond acceptors (Lipinski definition) is 1. The Morgan fingerprint density at radius 2 is 1.72 bits per heavy atom. The molecule has 1 atom stereocenters. The van der Waals surface area contributed by atoms with Gasteiger partial charge >= 0.3 is 0 Å². The number of rotatable bonds is 3. The molecule has 0 saturated carbocycles. The minimum Gasteiger partial charge on any atom is -0.341 e. The summed E-state index contributed by atoms with van der Waals surface area (Å²) in [5, 5.41) is 0. The predicted molar refractivity (Wildman–Crippen MR) is 74.3 cm³/mol. The van der Waals surface area contributed by atoms with Crippen molar-refractivity contribution in [1.29, 1.82) is 0 Å². The highest BCUT2D eigenvalue weighted by Gasteiger charge is 2.15. The van der Waals surface area contributed by atoms with Crippen LogP contribution >= 0.6 is 0 Å². The lowest BCUT2D eigenvalue weighted by atomic mass is 10.1. The highest BCUT2D eigenvalue weighted by Crippen LogP contribution is 2.25. The van der Waals surface area contributed by atoms with Crippen LogP contribution in [0, 0.1) is 20.8 Å². The fourth-order valence-corrected chi connectivity index (χ4v) is 2.51. The number of aromatic nitrogens is 1. The van der Waals surface area contributed by atoms with E-state index in [4.69, 9.17) is 0 Å². The molecule has 1 heterocycles. The number of hydrogen-bond donors (Lipinski definition) is 0. The molecule has 0 amide bonds. The molecule has 1 aromatic heterocycles. The van der Waals surface area contributed by atoms with E-state index in [1.54, 1.807) is 0 Å². The van der Waals surface area contributed by atoms with E-state index in [9.17, 15) is 4.79 Å². The Balaban J connectivity index is 2.45. The molecular formula is C16H19NO. The van der Waals surface area contributed by atoms with Crippen molar-refractivity contribution in [2.75, 3.05) is 0 Å². The van der Waals surface area contributed by atoms with Gasteiger partial charge in [0.05, 0.1) is 6.04 Å². The first-order valence-electron chi connectivity index (χ1n) is 6.24. The lowest BCUT2D eigenvalue weighted by Gasteiger charge is -2.19. The molecule has 18 heavy (non-hydrogen) atoms. The van der Waals surface area contributed by atoms with Crippen molar-refractivity contribution in [2.24, 2.45) is 0 Å². The summed E-state index contributed by atoms with van der Waals surface area (Å²) in [4.78, 5) is 11.0. The van der Waals surface area contributed by atoms with Gasteiger partial charge in [-0.15, -0.1) is 0 Å². The van der Waals surface area contributed by atoms with E-state index in [1.807, 2.05) is 19.9 Å². The van der Waals surface area contributed by atoms with Crippen molar-refractivity contribution in [3.63, 3.8) is 0 Å². The maximum Gasteiger partial charge on any atom is 0.151 e. The summed E-state index contributed by atoms with van der Waals surface area (Å²) < 4.78 is 2.22. The zero-order valence-electron chi connectivity index (χ0n) is 11.4. The van der Waals surface area contributed by atoms with Crippen molar-refractivity contribution in [2.45, 2.75) is 33.7 Å². The van der Waals surface area contributed by atoms with Crippen molar-refractivity contribution in [3.8, 4) is 0 Å². The first kappa shape index (κ1) is 12.6. The quantitative estimate of drug-likeness (QED) is 0.748. The van der Waals surface area contributed by atoms with E-state index in [2.05, 4.69) is 42.7 Å². The van der Waals surface area contributed by atoms with Gasteiger partial charge < -0.3 is 4.57 Å². The molecule has 1 unspecified atom stereocenters. The second kappa shape index (κ2) is 4.81. The molecular weight excluding hydrogens is 222 g/mol.